The first-order valence-corrected chi connectivity index (χ1v) is 11.7. The fraction of sp³-hybridized carbons (Fsp3) is 0.174. The van der Waals surface area contributed by atoms with Gasteiger partial charge >= 0.3 is 0 Å². The fourth-order valence-electron chi connectivity index (χ4n) is 4.06. The monoisotopic (exact) mass is 475 g/mol. The number of nitrogen functional groups attached to an aromatic ring is 1. The maximum absolute atomic E-state index is 13.8. The molecule has 4 aromatic rings. The number of aromatic nitrogens is 4. The summed E-state index contributed by atoms with van der Waals surface area (Å²) in [7, 11) is 0. The topological polar surface area (TPSA) is 114 Å². The third-order valence-corrected chi connectivity index (χ3v) is 6.98. The van der Waals surface area contributed by atoms with Crippen LogP contribution in [-0.4, -0.2) is 31.1 Å². The van der Waals surface area contributed by atoms with Crippen LogP contribution in [0.1, 0.15) is 23.0 Å². The van der Waals surface area contributed by atoms with E-state index in [0.29, 0.717) is 39.2 Å². The second kappa shape index (κ2) is 8.39. The third-order valence-electron chi connectivity index (χ3n) is 5.65. The van der Waals surface area contributed by atoms with E-state index < -0.39 is 0 Å². The molecule has 8 nitrogen and oxygen atoms in total. The van der Waals surface area contributed by atoms with Crippen LogP contribution in [0.15, 0.2) is 53.6 Å². The minimum Gasteiger partial charge on any atom is -0.382 e. The molecule has 2 aromatic carbocycles. The average Bonchev–Trinajstić information content (AvgIpc) is 3.29. The van der Waals surface area contributed by atoms with E-state index in [1.54, 1.807) is 34.5 Å². The number of fused-ring (bicyclic) bond motifs is 1. The number of thioether (sulfide) groups is 1. The maximum Gasteiger partial charge on any atom is 0.267 e. The Labute approximate surface area is 198 Å². The van der Waals surface area contributed by atoms with Gasteiger partial charge in [0, 0.05) is 5.75 Å². The minimum absolute atomic E-state index is 0.118. The Morgan fingerprint density at radius 3 is 2.82 bits per heavy atom. The van der Waals surface area contributed by atoms with Crippen LogP contribution >= 0.6 is 23.4 Å². The largest absolute Gasteiger partial charge is 0.382 e. The summed E-state index contributed by atoms with van der Waals surface area (Å²) in [4.78, 5) is 29.0. The molecule has 0 radical (unpaired) electrons. The van der Waals surface area contributed by atoms with Crippen LogP contribution in [0, 0.1) is 18.3 Å². The molecule has 1 aliphatic heterocycles. The van der Waals surface area contributed by atoms with Gasteiger partial charge in [0.25, 0.3) is 5.56 Å². The van der Waals surface area contributed by atoms with Crippen LogP contribution < -0.4 is 16.2 Å². The first kappa shape index (κ1) is 21.2. The van der Waals surface area contributed by atoms with E-state index in [9.17, 15) is 10.1 Å². The molecular formula is C23H18ClN7OS. The number of hydrogen-bond donors (Lipinski definition) is 1. The summed E-state index contributed by atoms with van der Waals surface area (Å²) in [6.07, 6.45) is 1.34. The van der Waals surface area contributed by atoms with Crippen molar-refractivity contribution in [3.63, 3.8) is 0 Å². The van der Waals surface area contributed by atoms with Gasteiger partial charge in [-0.3, -0.25) is 9.36 Å². The first-order chi connectivity index (χ1) is 16.0. The lowest BCUT2D eigenvalue weighted by molar-refractivity contribution is 0.665. The van der Waals surface area contributed by atoms with Crippen LogP contribution in [0.25, 0.3) is 16.6 Å². The van der Waals surface area contributed by atoms with Gasteiger partial charge in [-0.2, -0.15) is 5.26 Å². The minimum atomic E-state index is -0.327. The molecule has 164 valence electrons. The Morgan fingerprint density at radius 1 is 1.21 bits per heavy atom. The lowest BCUT2D eigenvalue weighted by atomic mass is 10.1. The number of aryl methyl sites for hydroxylation is 1. The molecule has 0 bridgehead atoms. The molecule has 1 atom stereocenters. The standard InChI is InChI=1S/C23H18ClN7OS/c1-13-5-2-3-8-17(13)31-22(29-16-7-4-6-15(24)19(16)23(31)32)18-10-33-12-30(18)21-14(9-25)20(26)27-11-28-21/h2-8,11,18H,10,12H2,1H3,(H2,26,27,28). The molecule has 0 amide bonds. The van der Waals surface area contributed by atoms with Gasteiger partial charge < -0.3 is 10.6 Å². The van der Waals surface area contributed by atoms with Crippen molar-refractivity contribution >= 4 is 45.9 Å². The number of halogens is 1. The summed E-state index contributed by atoms with van der Waals surface area (Å²) in [5.74, 6) is 2.31. The van der Waals surface area contributed by atoms with E-state index in [2.05, 4.69) is 16.0 Å². The number of nitrogens with zero attached hydrogens (tertiary/aromatic N) is 6. The summed E-state index contributed by atoms with van der Waals surface area (Å²) in [5.41, 5.74) is 8.09. The SMILES string of the molecule is Cc1ccccc1-n1c(C2CSCN2c2ncnc(N)c2C#N)nc2cccc(Cl)c2c1=O. The number of para-hydroxylation sites is 1. The van der Waals surface area contributed by atoms with Gasteiger partial charge in [0.05, 0.1) is 33.5 Å². The molecule has 33 heavy (non-hydrogen) atoms. The Morgan fingerprint density at radius 2 is 2.03 bits per heavy atom. The molecule has 0 aliphatic carbocycles. The van der Waals surface area contributed by atoms with Crippen LogP contribution in [0.5, 0.6) is 0 Å². The highest BCUT2D eigenvalue weighted by atomic mass is 35.5. The Balaban J connectivity index is 1.80. The van der Waals surface area contributed by atoms with Crippen molar-refractivity contribution in [1.29, 1.82) is 5.26 Å². The Bertz CT molecular complexity index is 1500. The highest BCUT2D eigenvalue weighted by Crippen LogP contribution is 2.38. The van der Waals surface area contributed by atoms with Crippen LogP contribution in [0.2, 0.25) is 5.02 Å². The number of hydrogen-bond acceptors (Lipinski definition) is 8. The molecule has 1 unspecified atom stereocenters. The van der Waals surface area contributed by atoms with Crippen molar-refractivity contribution in [1.82, 2.24) is 19.5 Å². The summed E-state index contributed by atoms with van der Waals surface area (Å²) >= 11 is 8.08. The summed E-state index contributed by atoms with van der Waals surface area (Å²) in [6, 6.07) is 14.7. The zero-order chi connectivity index (χ0) is 23.1. The molecule has 1 saturated heterocycles. The van der Waals surface area contributed by atoms with Crippen LogP contribution in [0.4, 0.5) is 11.6 Å². The third kappa shape index (κ3) is 3.48. The second-order valence-electron chi connectivity index (χ2n) is 7.59. The van der Waals surface area contributed by atoms with Crippen LogP contribution in [0.3, 0.4) is 0 Å². The highest BCUT2D eigenvalue weighted by Gasteiger charge is 2.34. The molecule has 2 aromatic heterocycles. The van der Waals surface area contributed by atoms with Gasteiger partial charge in [-0.25, -0.2) is 15.0 Å². The number of nitrogens with two attached hydrogens (primary N) is 1. The van der Waals surface area contributed by atoms with Gasteiger partial charge in [-0.05, 0) is 30.7 Å². The van der Waals surface area contributed by atoms with Crippen molar-refractivity contribution in [2.75, 3.05) is 22.3 Å². The van der Waals surface area contributed by atoms with Crippen molar-refractivity contribution in [2.45, 2.75) is 13.0 Å². The van der Waals surface area contributed by atoms with Gasteiger partial charge in [-0.15, -0.1) is 11.8 Å². The van der Waals surface area contributed by atoms with Gasteiger partial charge in [0.1, 0.15) is 29.6 Å². The van der Waals surface area contributed by atoms with E-state index in [-0.39, 0.29) is 23.0 Å². The summed E-state index contributed by atoms with van der Waals surface area (Å²) in [6.45, 7) is 1.95. The van der Waals surface area contributed by atoms with E-state index in [1.165, 1.54) is 6.33 Å². The second-order valence-corrected chi connectivity index (χ2v) is 8.99. The molecule has 0 spiro atoms. The lowest BCUT2D eigenvalue weighted by Gasteiger charge is -2.27. The van der Waals surface area contributed by atoms with Crippen molar-refractivity contribution in [2.24, 2.45) is 0 Å². The molecule has 5 rings (SSSR count). The highest BCUT2D eigenvalue weighted by molar-refractivity contribution is 7.99. The molecular weight excluding hydrogens is 458 g/mol. The molecule has 0 saturated carbocycles. The first-order valence-electron chi connectivity index (χ1n) is 10.1. The van der Waals surface area contributed by atoms with Crippen LogP contribution in [-0.2, 0) is 0 Å². The van der Waals surface area contributed by atoms with Crippen molar-refractivity contribution in [3.8, 4) is 11.8 Å². The molecule has 2 N–H and O–H groups in total. The normalized spacial score (nSPS) is 15.7. The Hall–Kier alpha value is -3.61. The molecule has 1 aliphatic rings. The van der Waals surface area contributed by atoms with Crippen molar-refractivity contribution in [3.05, 3.63) is 81.1 Å². The van der Waals surface area contributed by atoms with E-state index in [0.717, 1.165) is 11.3 Å². The van der Waals surface area contributed by atoms with Gasteiger partial charge in [0.2, 0.25) is 0 Å². The smallest absolute Gasteiger partial charge is 0.267 e. The van der Waals surface area contributed by atoms with Gasteiger partial charge in [0.15, 0.2) is 5.82 Å². The lowest BCUT2D eigenvalue weighted by Crippen LogP contribution is -2.33. The zero-order valence-electron chi connectivity index (χ0n) is 17.6. The molecule has 10 heteroatoms. The van der Waals surface area contributed by atoms with E-state index >= 15 is 0 Å². The molecule has 3 heterocycles. The number of anilines is 2. The summed E-state index contributed by atoms with van der Waals surface area (Å²) in [5, 5.41) is 10.4. The fourth-order valence-corrected chi connectivity index (χ4v) is 5.46. The maximum atomic E-state index is 13.8. The molecule has 1 fully saturated rings. The van der Waals surface area contributed by atoms with Crippen molar-refractivity contribution < 1.29 is 0 Å². The predicted octanol–water partition coefficient (Wildman–Crippen LogP) is 3.84. The number of benzene rings is 2. The number of rotatable bonds is 3. The quantitative estimate of drug-likeness (QED) is 0.475. The summed E-state index contributed by atoms with van der Waals surface area (Å²) < 4.78 is 1.63. The number of nitriles is 1. The van der Waals surface area contributed by atoms with Gasteiger partial charge in [-0.1, -0.05) is 35.9 Å². The predicted molar refractivity (Wildman–Crippen MR) is 131 cm³/mol. The van der Waals surface area contributed by atoms with E-state index in [1.807, 2.05) is 36.1 Å². The zero-order valence-corrected chi connectivity index (χ0v) is 19.1. The van der Waals surface area contributed by atoms with E-state index in [4.69, 9.17) is 22.3 Å². The Kier molecular flexibility index (Phi) is 5.40. The average molecular weight is 476 g/mol.